The number of sulfonamides is 1. The van der Waals surface area contributed by atoms with E-state index in [1.54, 1.807) is 29.2 Å². The fourth-order valence-electron chi connectivity index (χ4n) is 4.39. The Bertz CT molecular complexity index is 1390. The summed E-state index contributed by atoms with van der Waals surface area (Å²) in [5, 5.41) is 3.56. The molecule has 3 aromatic carbocycles. The Morgan fingerprint density at radius 2 is 1.59 bits per heavy atom. The Kier molecular flexibility index (Phi) is 12.2. The highest BCUT2D eigenvalue weighted by molar-refractivity contribution is 9.10. The number of carbonyl (C=O) groups is 2. The summed E-state index contributed by atoms with van der Waals surface area (Å²) in [6, 6.07) is 23.0. The summed E-state index contributed by atoms with van der Waals surface area (Å²) in [5.74, 6) is -0.440. The molecule has 1 N–H and O–H groups in total. The average molecular weight is 663 g/mol. The second-order valence-electron chi connectivity index (χ2n) is 10.1. The van der Waals surface area contributed by atoms with E-state index in [0.717, 1.165) is 28.3 Å². The van der Waals surface area contributed by atoms with Gasteiger partial charge in [-0.05, 0) is 67.3 Å². The topological polar surface area (TPSA) is 86.8 Å². The van der Waals surface area contributed by atoms with Crippen molar-refractivity contribution in [3.8, 4) is 0 Å². The zero-order valence-corrected chi connectivity index (χ0v) is 26.8. The molecule has 0 saturated heterocycles. The molecule has 2 atom stereocenters. The van der Waals surface area contributed by atoms with Crippen LogP contribution in [0.25, 0.3) is 0 Å². The second-order valence-corrected chi connectivity index (χ2v) is 13.3. The number of hydrogen-bond donors (Lipinski definition) is 1. The van der Waals surface area contributed by atoms with Gasteiger partial charge in [-0.3, -0.25) is 13.9 Å². The van der Waals surface area contributed by atoms with Crippen molar-refractivity contribution < 1.29 is 18.0 Å². The molecule has 0 saturated carbocycles. The Balaban J connectivity index is 1.88. The van der Waals surface area contributed by atoms with E-state index >= 15 is 0 Å². The number of halogens is 2. The van der Waals surface area contributed by atoms with Gasteiger partial charge in [-0.25, -0.2) is 8.42 Å². The van der Waals surface area contributed by atoms with E-state index in [4.69, 9.17) is 11.6 Å². The van der Waals surface area contributed by atoms with E-state index in [2.05, 4.69) is 21.2 Å². The predicted molar refractivity (Wildman–Crippen MR) is 169 cm³/mol. The zero-order valence-electron chi connectivity index (χ0n) is 23.6. The number of nitrogens with zero attached hydrogens (tertiary/aromatic N) is 2. The molecular formula is C31H37BrClN3O4S. The minimum absolute atomic E-state index is 0.0481. The first kappa shape index (κ1) is 32.6. The van der Waals surface area contributed by atoms with Crippen LogP contribution >= 0.6 is 27.5 Å². The Morgan fingerprint density at radius 1 is 0.951 bits per heavy atom. The van der Waals surface area contributed by atoms with Gasteiger partial charge in [0.25, 0.3) is 0 Å². The Labute approximate surface area is 257 Å². The van der Waals surface area contributed by atoms with Crippen molar-refractivity contribution in [2.75, 3.05) is 17.1 Å². The van der Waals surface area contributed by atoms with Crippen LogP contribution in [0.15, 0.2) is 83.3 Å². The molecule has 10 heteroatoms. The number of carbonyl (C=O) groups excluding carboxylic acids is 2. The van der Waals surface area contributed by atoms with E-state index in [1.165, 1.54) is 4.31 Å². The standard InChI is InChI=1S/C31H37BrClN3O4S/c1-4-23(2)34-31(38)29(21-24-9-6-5-7-10-24)35(22-25-12-14-26(32)15-13-25)30(37)11-8-20-36(41(3,39)40)28-18-16-27(33)17-19-28/h5-7,9-10,12-19,23,29H,4,8,11,20-22H2,1-3H3,(H,34,38)/t23-,29-/m1/s1. The molecule has 3 aromatic rings. The maximum atomic E-state index is 13.9. The quantitative estimate of drug-likeness (QED) is 0.223. The van der Waals surface area contributed by atoms with Gasteiger partial charge in [0.05, 0.1) is 11.9 Å². The maximum Gasteiger partial charge on any atom is 0.243 e. The molecule has 0 bridgehead atoms. The number of anilines is 1. The van der Waals surface area contributed by atoms with Gasteiger partial charge in [0.2, 0.25) is 21.8 Å². The van der Waals surface area contributed by atoms with Crippen molar-refractivity contribution in [3.63, 3.8) is 0 Å². The van der Waals surface area contributed by atoms with Gasteiger partial charge in [-0.15, -0.1) is 0 Å². The lowest BCUT2D eigenvalue weighted by Gasteiger charge is -2.32. The van der Waals surface area contributed by atoms with Crippen LogP contribution in [0, 0.1) is 0 Å². The van der Waals surface area contributed by atoms with Crippen molar-refractivity contribution in [2.24, 2.45) is 0 Å². The summed E-state index contributed by atoms with van der Waals surface area (Å²) >= 11 is 9.44. The summed E-state index contributed by atoms with van der Waals surface area (Å²) in [5.41, 5.74) is 2.30. The fourth-order valence-corrected chi connectivity index (χ4v) is 5.75. The van der Waals surface area contributed by atoms with Gasteiger partial charge in [-0.1, -0.05) is 76.9 Å². The molecule has 0 unspecified atom stereocenters. The number of amides is 2. The zero-order chi connectivity index (χ0) is 30.0. The van der Waals surface area contributed by atoms with Gasteiger partial charge in [0.15, 0.2) is 0 Å². The van der Waals surface area contributed by atoms with Crippen LogP contribution in [0.3, 0.4) is 0 Å². The molecule has 3 rings (SSSR count). The Hall–Kier alpha value is -2.88. The van der Waals surface area contributed by atoms with Gasteiger partial charge >= 0.3 is 0 Å². The lowest BCUT2D eigenvalue weighted by Crippen LogP contribution is -2.52. The Morgan fingerprint density at radius 3 is 2.17 bits per heavy atom. The summed E-state index contributed by atoms with van der Waals surface area (Å²) in [7, 11) is -3.59. The first-order valence-corrected chi connectivity index (χ1v) is 16.6. The van der Waals surface area contributed by atoms with Crippen molar-refractivity contribution >= 4 is 55.1 Å². The molecule has 0 aliphatic heterocycles. The minimum Gasteiger partial charge on any atom is -0.352 e. The first-order valence-electron chi connectivity index (χ1n) is 13.6. The number of hydrogen-bond acceptors (Lipinski definition) is 4. The van der Waals surface area contributed by atoms with Crippen LogP contribution < -0.4 is 9.62 Å². The van der Waals surface area contributed by atoms with Crippen molar-refractivity contribution in [1.82, 2.24) is 10.2 Å². The third-order valence-corrected chi connectivity index (χ3v) is 8.78. The van der Waals surface area contributed by atoms with Crippen molar-refractivity contribution in [3.05, 3.63) is 99.5 Å². The largest absolute Gasteiger partial charge is 0.352 e. The van der Waals surface area contributed by atoms with Crippen LogP contribution in [0.1, 0.15) is 44.2 Å². The average Bonchev–Trinajstić information content (AvgIpc) is 2.94. The van der Waals surface area contributed by atoms with Crippen LogP contribution in [0.4, 0.5) is 5.69 Å². The maximum absolute atomic E-state index is 13.9. The van der Waals surface area contributed by atoms with E-state index in [-0.39, 0.29) is 43.8 Å². The van der Waals surface area contributed by atoms with E-state index in [9.17, 15) is 18.0 Å². The van der Waals surface area contributed by atoms with Crippen LogP contribution in [0.2, 0.25) is 5.02 Å². The summed E-state index contributed by atoms with van der Waals surface area (Å²) < 4.78 is 27.3. The second kappa shape index (κ2) is 15.4. The smallest absolute Gasteiger partial charge is 0.243 e. The minimum atomic E-state index is -3.59. The summed E-state index contributed by atoms with van der Waals surface area (Å²) in [6.07, 6.45) is 2.59. The molecular weight excluding hydrogens is 626 g/mol. The molecule has 0 radical (unpaired) electrons. The molecule has 0 heterocycles. The third kappa shape index (κ3) is 10.2. The molecule has 0 aromatic heterocycles. The van der Waals surface area contributed by atoms with Gasteiger partial charge in [-0.2, -0.15) is 0 Å². The highest BCUT2D eigenvalue weighted by atomic mass is 79.9. The molecule has 0 spiro atoms. The van der Waals surface area contributed by atoms with Gasteiger partial charge in [0, 0.05) is 41.5 Å². The molecule has 220 valence electrons. The third-order valence-electron chi connectivity index (χ3n) is 6.81. The SMILES string of the molecule is CC[C@@H](C)NC(=O)[C@@H](Cc1ccccc1)N(Cc1ccc(Br)cc1)C(=O)CCCN(c1ccc(Cl)cc1)S(C)(=O)=O. The molecule has 41 heavy (non-hydrogen) atoms. The highest BCUT2D eigenvalue weighted by Gasteiger charge is 2.31. The molecule has 0 fully saturated rings. The predicted octanol–water partition coefficient (Wildman–Crippen LogP) is 6.20. The molecule has 2 amide bonds. The highest BCUT2D eigenvalue weighted by Crippen LogP contribution is 2.22. The van der Waals surface area contributed by atoms with Crippen molar-refractivity contribution in [1.29, 1.82) is 0 Å². The number of benzene rings is 3. The number of rotatable bonds is 14. The van der Waals surface area contributed by atoms with E-state index in [1.807, 2.05) is 68.4 Å². The van der Waals surface area contributed by atoms with E-state index in [0.29, 0.717) is 17.1 Å². The normalized spacial score (nSPS) is 12.8. The van der Waals surface area contributed by atoms with Gasteiger partial charge < -0.3 is 10.2 Å². The van der Waals surface area contributed by atoms with Crippen LogP contribution in [-0.4, -0.2) is 50.0 Å². The fraction of sp³-hybridized carbons (Fsp3) is 0.355. The first-order chi connectivity index (χ1) is 19.5. The lowest BCUT2D eigenvalue weighted by atomic mass is 10.0. The lowest BCUT2D eigenvalue weighted by molar-refractivity contribution is -0.141. The molecule has 0 aliphatic carbocycles. The van der Waals surface area contributed by atoms with Crippen LogP contribution in [-0.2, 0) is 32.6 Å². The van der Waals surface area contributed by atoms with Crippen molar-refractivity contribution in [2.45, 2.75) is 58.2 Å². The van der Waals surface area contributed by atoms with Gasteiger partial charge in [0.1, 0.15) is 6.04 Å². The summed E-state index contributed by atoms with van der Waals surface area (Å²) in [6.45, 7) is 4.29. The molecule has 0 aliphatic rings. The summed E-state index contributed by atoms with van der Waals surface area (Å²) in [4.78, 5) is 29.1. The van der Waals surface area contributed by atoms with E-state index < -0.39 is 16.1 Å². The molecule has 7 nitrogen and oxygen atoms in total. The monoisotopic (exact) mass is 661 g/mol. The number of nitrogens with one attached hydrogen (secondary N) is 1. The van der Waals surface area contributed by atoms with Crippen LogP contribution in [0.5, 0.6) is 0 Å².